The lowest BCUT2D eigenvalue weighted by Crippen LogP contribution is -2.18. The number of nitrogens with one attached hydrogen (secondary N) is 1. The van der Waals surface area contributed by atoms with Gasteiger partial charge >= 0.3 is 6.08 Å². The van der Waals surface area contributed by atoms with Crippen LogP contribution in [0.1, 0.15) is 20.8 Å². The summed E-state index contributed by atoms with van der Waals surface area (Å²) >= 11 is 1.44. The number of rotatable bonds is 2. The summed E-state index contributed by atoms with van der Waals surface area (Å²) in [6.45, 7) is 3.85. The van der Waals surface area contributed by atoms with Gasteiger partial charge in [-0.15, -0.1) is 11.3 Å². The number of amides is 1. The molecule has 0 radical (unpaired) electrons. The van der Waals surface area contributed by atoms with Crippen molar-refractivity contribution in [3.63, 3.8) is 0 Å². The minimum absolute atomic E-state index is 0.136. The number of carbonyl (C=O) groups is 1. The molecular formula is C11H16N2O3S. The van der Waals surface area contributed by atoms with E-state index in [4.69, 9.17) is 9.47 Å². The van der Waals surface area contributed by atoms with E-state index >= 15 is 0 Å². The molecule has 94 valence electrons. The Labute approximate surface area is 104 Å². The highest BCUT2D eigenvalue weighted by atomic mass is 32.1. The van der Waals surface area contributed by atoms with Crippen molar-refractivity contribution >= 4 is 28.3 Å². The second-order valence-electron chi connectivity index (χ2n) is 3.33. The number of nitrogens with zero attached hydrogens (tertiary/aromatic N) is 1. The summed E-state index contributed by atoms with van der Waals surface area (Å²) in [7, 11) is 4.53. The highest BCUT2D eigenvalue weighted by molar-refractivity contribution is 7.16. The number of aryl methyl sites for hydroxylation is 1. The molecule has 1 amide bonds. The van der Waals surface area contributed by atoms with Gasteiger partial charge in [0.25, 0.3) is 5.91 Å². The van der Waals surface area contributed by atoms with Crippen LogP contribution in [0.25, 0.3) is 0 Å². The monoisotopic (exact) mass is 256 g/mol. The fourth-order valence-electron chi connectivity index (χ4n) is 1.34. The molecule has 1 aromatic heterocycles. The minimum Gasteiger partial charge on any atom is -0.454 e. The van der Waals surface area contributed by atoms with Crippen LogP contribution in [0.15, 0.2) is 4.99 Å². The Balaban J connectivity index is 3.29. The van der Waals surface area contributed by atoms with E-state index in [1.54, 1.807) is 7.05 Å². The summed E-state index contributed by atoms with van der Waals surface area (Å²) in [6.07, 6.45) is 0.136. The lowest BCUT2D eigenvalue weighted by molar-refractivity contribution is 0.0963. The van der Waals surface area contributed by atoms with Crippen LogP contribution in [0.4, 0.5) is 5.00 Å². The maximum absolute atomic E-state index is 11.8. The van der Waals surface area contributed by atoms with Crippen LogP contribution in [0.3, 0.4) is 0 Å². The maximum Gasteiger partial charge on any atom is 0.389 e. The largest absolute Gasteiger partial charge is 0.454 e. The number of hydrogen-bond donors (Lipinski definition) is 1. The van der Waals surface area contributed by atoms with Crippen LogP contribution >= 0.6 is 11.3 Å². The van der Waals surface area contributed by atoms with E-state index in [0.29, 0.717) is 10.6 Å². The van der Waals surface area contributed by atoms with Gasteiger partial charge < -0.3 is 14.8 Å². The molecule has 5 nitrogen and oxygen atoms in total. The second kappa shape index (κ2) is 5.67. The Morgan fingerprint density at radius 3 is 2.35 bits per heavy atom. The number of methoxy groups -OCH3 is 2. The molecule has 0 aliphatic carbocycles. The summed E-state index contributed by atoms with van der Waals surface area (Å²) < 4.78 is 9.85. The average molecular weight is 256 g/mol. The summed E-state index contributed by atoms with van der Waals surface area (Å²) in [4.78, 5) is 17.0. The maximum atomic E-state index is 11.8. The van der Waals surface area contributed by atoms with Gasteiger partial charge in [-0.1, -0.05) is 0 Å². The van der Waals surface area contributed by atoms with Gasteiger partial charge in [0, 0.05) is 11.9 Å². The quantitative estimate of drug-likeness (QED) is 0.650. The molecular weight excluding hydrogens is 240 g/mol. The first-order valence-corrected chi connectivity index (χ1v) is 5.85. The smallest absolute Gasteiger partial charge is 0.389 e. The van der Waals surface area contributed by atoms with Gasteiger partial charge in [0.15, 0.2) is 0 Å². The van der Waals surface area contributed by atoms with Crippen molar-refractivity contribution < 1.29 is 14.3 Å². The lowest BCUT2D eigenvalue weighted by atomic mass is 10.1. The highest BCUT2D eigenvalue weighted by Gasteiger charge is 2.19. The third kappa shape index (κ3) is 2.76. The van der Waals surface area contributed by atoms with E-state index in [-0.39, 0.29) is 12.0 Å². The number of carbonyl (C=O) groups excluding carboxylic acids is 1. The first kappa shape index (κ1) is 13.5. The van der Waals surface area contributed by atoms with E-state index < -0.39 is 0 Å². The number of hydrogen-bond acceptors (Lipinski definition) is 5. The molecule has 1 aromatic rings. The zero-order valence-corrected chi connectivity index (χ0v) is 11.4. The van der Waals surface area contributed by atoms with Gasteiger partial charge in [0.2, 0.25) is 0 Å². The molecule has 0 bridgehead atoms. The van der Waals surface area contributed by atoms with Crippen molar-refractivity contribution in [2.24, 2.45) is 4.99 Å². The van der Waals surface area contributed by atoms with Gasteiger partial charge in [-0.05, 0) is 19.4 Å². The van der Waals surface area contributed by atoms with Crippen molar-refractivity contribution in [2.75, 3.05) is 21.3 Å². The first-order valence-electron chi connectivity index (χ1n) is 5.03. The Kier molecular flexibility index (Phi) is 4.51. The van der Waals surface area contributed by atoms with E-state index in [0.717, 1.165) is 10.4 Å². The Hall–Kier alpha value is -1.56. The van der Waals surface area contributed by atoms with Gasteiger partial charge in [-0.25, -0.2) is 0 Å². The van der Waals surface area contributed by atoms with Crippen molar-refractivity contribution in [3.05, 3.63) is 16.0 Å². The molecule has 6 heteroatoms. The summed E-state index contributed by atoms with van der Waals surface area (Å²) in [5, 5.41) is 3.20. The molecule has 1 rings (SSSR count). The van der Waals surface area contributed by atoms with E-state index in [9.17, 15) is 4.79 Å². The van der Waals surface area contributed by atoms with Crippen molar-refractivity contribution in [1.82, 2.24) is 5.32 Å². The van der Waals surface area contributed by atoms with E-state index in [1.165, 1.54) is 25.6 Å². The van der Waals surface area contributed by atoms with Crippen LogP contribution in [0, 0.1) is 13.8 Å². The standard InChI is InChI=1S/C11H16N2O3S/c1-6-7(2)17-10(8(6)9(14)12-3)13-11(15-4)16-5/h1-5H3,(H,12,14). The van der Waals surface area contributed by atoms with Crippen molar-refractivity contribution in [1.29, 1.82) is 0 Å². The molecule has 0 aliphatic rings. The van der Waals surface area contributed by atoms with Gasteiger partial charge in [-0.2, -0.15) is 4.99 Å². The molecule has 0 aliphatic heterocycles. The van der Waals surface area contributed by atoms with Crippen LogP contribution in [0.2, 0.25) is 0 Å². The molecule has 0 atom stereocenters. The Morgan fingerprint density at radius 2 is 1.88 bits per heavy atom. The molecule has 0 spiro atoms. The van der Waals surface area contributed by atoms with Crippen molar-refractivity contribution in [3.8, 4) is 0 Å². The third-order valence-electron chi connectivity index (χ3n) is 2.36. The lowest BCUT2D eigenvalue weighted by Gasteiger charge is -2.03. The van der Waals surface area contributed by atoms with Crippen LogP contribution in [-0.4, -0.2) is 33.3 Å². The highest BCUT2D eigenvalue weighted by Crippen LogP contribution is 2.34. The summed E-state index contributed by atoms with van der Waals surface area (Å²) in [6, 6.07) is 0. The predicted molar refractivity (Wildman–Crippen MR) is 68.3 cm³/mol. The van der Waals surface area contributed by atoms with Gasteiger partial charge in [-0.3, -0.25) is 4.79 Å². The number of aliphatic imine (C=N–C) groups is 1. The van der Waals surface area contributed by atoms with Crippen LogP contribution < -0.4 is 5.32 Å². The number of ether oxygens (including phenoxy) is 2. The van der Waals surface area contributed by atoms with Crippen LogP contribution in [0.5, 0.6) is 0 Å². The molecule has 0 saturated heterocycles. The fraction of sp³-hybridized carbons (Fsp3) is 0.455. The molecule has 1 N–H and O–H groups in total. The third-order valence-corrected chi connectivity index (χ3v) is 3.46. The number of thiophene rings is 1. The molecule has 0 aromatic carbocycles. The van der Waals surface area contributed by atoms with E-state index in [2.05, 4.69) is 10.3 Å². The predicted octanol–water partition coefficient (Wildman–Crippen LogP) is 2.00. The summed E-state index contributed by atoms with van der Waals surface area (Å²) in [5.41, 5.74) is 1.50. The first-order chi connectivity index (χ1) is 8.04. The topological polar surface area (TPSA) is 59.9 Å². The molecule has 17 heavy (non-hydrogen) atoms. The SMILES string of the molecule is CNC(=O)c1c(N=C(OC)OC)sc(C)c1C. The average Bonchev–Trinajstić information content (AvgIpc) is 2.61. The van der Waals surface area contributed by atoms with E-state index in [1.807, 2.05) is 13.8 Å². The molecule has 0 unspecified atom stereocenters. The second-order valence-corrected chi connectivity index (χ2v) is 4.53. The van der Waals surface area contributed by atoms with Crippen molar-refractivity contribution in [2.45, 2.75) is 13.8 Å². The zero-order chi connectivity index (χ0) is 13.0. The normalized spacial score (nSPS) is 9.71. The fourth-order valence-corrected chi connectivity index (χ4v) is 2.35. The summed E-state index contributed by atoms with van der Waals surface area (Å²) in [5.74, 6) is -0.155. The Morgan fingerprint density at radius 1 is 1.29 bits per heavy atom. The van der Waals surface area contributed by atoms with Gasteiger partial charge in [0.05, 0.1) is 19.8 Å². The molecule has 0 fully saturated rings. The zero-order valence-electron chi connectivity index (χ0n) is 10.6. The Bertz CT molecular complexity index is 446. The minimum atomic E-state index is -0.155. The molecule has 0 saturated carbocycles. The molecule has 1 heterocycles. The van der Waals surface area contributed by atoms with Crippen LogP contribution in [-0.2, 0) is 9.47 Å². The van der Waals surface area contributed by atoms with Gasteiger partial charge in [0.1, 0.15) is 5.00 Å².